The minimum Gasteiger partial charge on any atom is -0.462 e. The summed E-state index contributed by atoms with van der Waals surface area (Å²) in [5.74, 6) is -0.407. The van der Waals surface area contributed by atoms with E-state index in [0.29, 0.717) is 24.9 Å². The molecular formula is C16H21N3O3. The van der Waals surface area contributed by atoms with Crippen molar-refractivity contribution in [1.82, 2.24) is 10.6 Å². The molecule has 1 aromatic carbocycles. The first-order valence-corrected chi connectivity index (χ1v) is 7.20. The molecule has 1 aromatic rings. The average Bonchev–Trinajstić information content (AvgIpc) is 2.49. The van der Waals surface area contributed by atoms with Gasteiger partial charge in [-0.2, -0.15) is 5.26 Å². The Morgan fingerprint density at radius 1 is 1.27 bits per heavy atom. The van der Waals surface area contributed by atoms with E-state index < -0.39 is 5.97 Å². The van der Waals surface area contributed by atoms with E-state index in [2.05, 4.69) is 10.6 Å². The summed E-state index contributed by atoms with van der Waals surface area (Å²) >= 11 is 0. The zero-order valence-corrected chi connectivity index (χ0v) is 12.9. The second kappa shape index (κ2) is 9.40. The van der Waals surface area contributed by atoms with Crippen LogP contribution >= 0.6 is 0 Å². The number of urea groups is 1. The van der Waals surface area contributed by atoms with Gasteiger partial charge in [-0.25, -0.2) is 9.59 Å². The number of rotatable bonds is 7. The summed E-state index contributed by atoms with van der Waals surface area (Å²) in [6, 6.07) is 8.69. The highest BCUT2D eigenvalue weighted by Gasteiger charge is 2.07. The molecule has 22 heavy (non-hydrogen) atoms. The van der Waals surface area contributed by atoms with Gasteiger partial charge in [0, 0.05) is 19.0 Å². The molecule has 0 aliphatic heterocycles. The normalized spacial score (nSPS) is 9.91. The van der Waals surface area contributed by atoms with E-state index in [1.54, 1.807) is 24.3 Å². The van der Waals surface area contributed by atoms with Gasteiger partial charge in [0.2, 0.25) is 0 Å². The number of carbonyl (C=O) groups is 2. The maximum Gasteiger partial charge on any atom is 0.338 e. The molecule has 0 saturated carbocycles. The number of carbonyl (C=O) groups excluding carboxylic acids is 2. The number of ether oxygens (including phenoxy) is 1. The number of nitrogens with zero attached hydrogens (tertiary/aromatic N) is 1. The molecule has 0 fully saturated rings. The smallest absolute Gasteiger partial charge is 0.338 e. The minimum atomic E-state index is -0.407. The van der Waals surface area contributed by atoms with E-state index in [4.69, 9.17) is 10.00 Å². The summed E-state index contributed by atoms with van der Waals surface area (Å²) in [5.41, 5.74) is 1.34. The summed E-state index contributed by atoms with van der Waals surface area (Å²) < 4.78 is 5.04. The number of nitrogens with one attached hydrogen (secondary N) is 2. The third-order valence-corrected chi connectivity index (χ3v) is 2.73. The standard InChI is InChI=1S/C16H21N3O3/c1-12(2)19-16(21)18-11-13-5-7-14(8-6-13)15(20)22-10-4-3-9-17/h5-8,12H,3-4,10-11H2,1-2H3,(H2,18,19,21). The Balaban J connectivity index is 2.41. The molecule has 6 heteroatoms. The van der Waals surface area contributed by atoms with E-state index in [-0.39, 0.29) is 18.7 Å². The Labute approximate surface area is 130 Å². The van der Waals surface area contributed by atoms with E-state index in [1.165, 1.54) is 0 Å². The van der Waals surface area contributed by atoms with Crippen LogP contribution in [-0.2, 0) is 11.3 Å². The Bertz CT molecular complexity index is 533. The van der Waals surface area contributed by atoms with Gasteiger partial charge in [-0.15, -0.1) is 0 Å². The van der Waals surface area contributed by atoms with Gasteiger partial charge in [0.25, 0.3) is 0 Å². The number of hydrogen-bond donors (Lipinski definition) is 2. The Morgan fingerprint density at radius 2 is 1.95 bits per heavy atom. The lowest BCUT2D eigenvalue weighted by Crippen LogP contribution is -2.39. The molecule has 2 amide bonds. The average molecular weight is 303 g/mol. The molecule has 0 unspecified atom stereocenters. The quantitative estimate of drug-likeness (QED) is 0.597. The van der Waals surface area contributed by atoms with Gasteiger partial charge < -0.3 is 15.4 Å². The highest BCUT2D eigenvalue weighted by Crippen LogP contribution is 2.06. The molecule has 0 bridgehead atoms. The Kier molecular flexibility index (Phi) is 7.48. The minimum absolute atomic E-state index is 0.0816. The van der Waals surface area contributed by atoms with Crippen molar-refractivity contribution in [2.45, 2.75) is 39.3 Å². The van der Waals surface area contributed by atoms with Crippen LogP contribution in [0, 0.1) is 11.3 Å². The number of esters is 1. The lowest BCUT2D eigenvalue weighted by molar-refractivity contribution is 0.0501. The van der Waals surface area contributed by atoms with Gasteiger partial charge >= 0.3 is 12.0 Å². The van der Waals surface area contributed by atoms with Gasteiger partial charge in [0.05, 0.1) is 18.2 Å². The lowest BCUT2D eigenvalue weighted by Gasteiger charge is -2.10. The summed E-state index contributed by atoms with van der Waals surface area (Å²) in [6.45, 7) is 4.40. The Morgan fingerprint density at radius 3 is 2.55 bits per heavy atom. The molecular weight excluding hydrogens is 282 g/mol. The second-order valence-electron chi connectivity index (χ2n) is 5.08. The van der Waals surface area contributed by atoms with Crippen LogP contribution in [-0.4, -0.2) is 24.6 Å². The van der Waals surface area contributed by atoms with E-state index in [9.17, 15) is 9.59 Å². The first kappa shape index (κ1) is 17.5. The van der Waals surface area contributed by atoms with Crippen LogP contribution < -0.4 is 10.6 Å². The van der Waals surface area contributed by atoms with Crippen LogP contribution in [0.3, 0.4) is 0 Å². The van der Waals surface area contributed by atoms with Gasteiger partial charge in [-0.1, -0.05) is 12.1 Å². The fraction of sp³-hybridized carbons (Fsp3) is 0.438. The van der Waals surface area contributed by atoms with Crippen molar-refractivity contribution in [3.8, 4) is 6.07 Å². The van der Waals surface area contributed by atoms with Crippen molar-refractivity contribution < 1.29 is 14.3 Å². The van der Waals surface area contributed by atoms with Crippen molar-refractivity contribution in [1.29, 1.82) is 5.26 Å². The van der Waals surface area contributed by atoms with Gasteiger partial charge in [-0.05, 0) is 38.0 Å². The molecule has 118 valence electrons. The van der Waals surface area contributed by atoms with Crippen molar-refractivity contribution in [3.05, 3.63) is 35.4 Å². The number of nitriles is 1. The SMILES string of the molecule is CC(C)NC(=O)NCc1ccc(C(=O)OCCCC#N)cc1. The number of amides is 2. The maximum atomic E-state index is 11.7. The molecule has 0 spiro atoms. The summed E-state index contributed by atoms with van der Waals surface area (Å²) in [7, 11) is 0. The molecule has 0 aliphatic carbocycles. The highest BCUT2D eigenvalue weighted by atomic mass is 16.5. The van der Waals surface area contributed by atoms with Crippen LogP contribution in [0.4, 0.5) is 4.79 Å². The molecule has 0 radical (unpaired) electrons. The Hall–Kier alpha value is -2.55. The van der Waals surface area contributed by atoms with Gasteiger partial charge in [0.1, 0.15) is 0 Å². The molecule has 0 aromatic heterocycles. The molecule has 6 nitrogen and oxygen atoms in total. The van der Waals surface area contributed by atoms with Crippen LogP contribution in [0.2, 0.25) is 0 Å². The largest absolute Gasteiger partial charge is 0.462 e. The zero-order valence-electron chi connectivity index (χ0n) is 12.9. The van der Waals surface area contributed by atoms with Gasteiger partial charge in [-0.3, -0.25) is 0 Å². The molecule has 0 atom stereocenters. The van der Waals surface area contributed by atoms with Crippen molar-refractivity contribution in [2.24, 2.45) is 0 Å². The highest BCUT2D eigenvalue weighted by molar-refractivity contribution is 5.89. The summed E-state index contributed by atoms with van der Waals surface area (Å²) in [5, 5.41) is 13.9. The van der Waals surface area contributed by atoms with Crippen molar-refractivity contribution >= 4 is 12.0 Å². The third kappa shape index (κ3) is 6.75. The number of benzene rings is 1. The van der Waals surface area contributed by atoms with Crippen LogP contribution in [0.1, 0.15) is 42.6 Å². The second-order valence-corrected chi connectivity index (χ2v) is 5.08. The molecule has 1 rings (SSSR count). The molecule has 0 saturated heterocycles. The third-order valence-electron chi connectivity index (χ3n) is 2.73. The molecule has 0 aliphatic rings. The fourth-order valence-electron chi connectivity index (χ4n) is 1.65. The van der Waals surface area contributed by atoms with E-state index in [0.717, 1.165) is 5.56 Å². The van der Waals surface area contributed by atoms with Crippen molar-refractivity contribution in [3.63, 3.8) is 0 Å². The first-order valence-electron chi connectivity index (χ1n) is 7.20. The van der Waals surface area contributed by atoms with Crippen molar-refractivity contribution in [2.75, 3.05) is 6.61 Å². The fourth-order valence-corrected chi connectivity index (χ4v) is 1.65. The van der Waals surface area contributed by atoms with E-state index >= 15 is 0 Å². The number of hydrogen-bond acceptors (Lipinski definition) is 4. The lowest BCUT2D eigenvalue weighted by atomic mass is 10.1. The van der Waals surface area contributed by atoms with Crippen LogP contribution in [0.5, 0.6) is 0 Å². The predicted octanol–water partition coefficient (Wildman–Crippen LogP) is 2.35. The first-order chi connectivity index (χ1) is 10.5. The van der Waals surface area contributed by atoms with Gasteiger partial charge in [0.15, 0.2) is 0 Å². The summed E-state index contributed by atoms with van der Waals surface area (Å²) in [6.07, 6.45) is 0.908. The monoisotopic (exact) mass is 303 g/mol. The summed E-state index contributed by atoms with van der Waals surface area (Å²) in [4.78, 5) is 23.2. The van der Waals surface area contributed by atoms with Crippen LogP contribution in [0.15, 0.2) is 24.3 Å². The molecule has 2 N–H and O–H groups in total. The topological polar surface area (TPSA) is 91.2 Å². The van der Waals surface area contributed by atoms with E-state index in [1.807, 2.05) is 19.9 Å². The number of unbranched alkanes of at least 4 members (excludes halogenated alkanes) is 1. The molecule has 0 heterocycles. The van der Waals surface area contributed by atoms with Crippen LogP contribution in [0.25, 0.3) is 0 Å². The predicted molar refractivity (Wildman–Crippen MR) is 82.1 cm³/mol. The zero-order chi connectivity index (χ0) is 16.4. The maximum absolute atomic E-state index is 11.7.